The molecule has 36 heavy (non-hydrogen) atoms. The zero-order valence-corrected chi connectivity index (χ0v) is 19.5. The van der Waals surface area contributed by atoms with E-state index in [4.69, 9.17) is 9.57 Å². The number of aromatic nitrogens is 3. The summed E-state index contributed by atoms with van der Waals surface area (Å²) in [5.41, 5.74) is 0.983. The van der Waals surface area contributed by atoms with E-state index in [1.54, 1.807) is 0 Å². The molecule has 2 aromatic rings. The van der Waals surface area contributed by atoms with Crippen molar-refractivity contribution in [2.24, 2.45) is 11.1 Å². The minimum atomic E-state index is -1.60. The van der Waals surface area contributed by atoms with Crippen LogP contribution in [0.5, 0.6) is 0 Å². The zero-order valence-electron chi connectivity index (χ0n) is 19.5. The Hall–Kier alpha value is -2.54. The second-order valence-corrected chi connectivity index (χ2v) is 9.79. The van der Waals surface area contributed by atoms with Gasteiger partial charge in [-0.05, 0) is 25.0 Å². The van der Waals surface area contributed by atoms with E-state index in [2.05, 4.69) is 15.5 Å². The Morgan fingerprint density at radius 3 is 2.39 bits per heavy atom. The number of aliphatic hydroxyl groups is 3. The van der Waals surface area contributed by atoms with E-state index in [-0.39, 0.29) is 23.8 Å². The molecule has 196 valence electrons. The largest absolute Gasteiger partial charge is 0.394 e. The number of oxime groups is 1. The van der Waals surface area contributed by atoms with Crippen molar-refractivity contribution in [3.05, 3.63) is 35.8 Å². The Morgan fingerprint density at radius 1 is 1.00 bits per heavy atom. The molecule has 1 saturated heterocycles. The van der Waals surface area contributed by atoms with Crippen molar-refractivity contribution in [1.29, 1.82) is 0 Å². The maximum atomic E-state index is 13.7. The highest BCUT2D eigenvalue weighted by molar-refractivity contribution is 5.87. The molecule has 3 N–H and O–H groups in total. The van der Waals surface area contributed by atoms with Crippen molar-refractivity contribution in [1.82, 2.24) is 15.0 Å². The van der Waals surface area contributed by atoms with Gasteiger partial charge in [-0.2, -0.15) is 0 Å². The Bertz CT molecular complexity index is 1090. The molecule has 1 aromatic carbocycles. The van der Waals surface area contributed by atoms with Crippen molar-refractivity contribution < 1.29 is 38.1 Å². The molecule has 12 heteroatoms. The summed E-state index contributed by atoms with van der Waals surface area (Å²) in [4.78, 5) is 5.64. The molecule has 0 unspecified atom stereocenters. The first-order valence-corrected chi connectivity index (χ1v) is 12.3. The van der Waals surface area contributed by atoms with Gasteiger partial charge < -0.3 is 24.9 Å². The van der Waals surface area contributed by atoms with Crippen molar-refractivity contribution in [2.75, 3.05) is 6.61 Å². The van der Waals surface area contributed by atoms with Gasteiger partial charge in [-0.1, -0.05) is 29.6 Å². The number of nitrogens with zero attached hydrogens (tertiary/aromatic N) is 4. The standard InChI is InChI=1S/C24H29F3N4O5/c25-15-6-13(7-16(26)21(15)27)18-10-31(30-28-18)22-23(33)19(35-20(11-32)24(22)34)9-14-8-17(29-36-14)12-4-2-1-3-5-12/h6-7,10,12,14,19-20,22-24,32-34H,1-5,8-9,11H2/t14-,19+,20+,22+,23-,24-/m0/s1. The quantitative estimate of drug-likeness (QED) is 0.511. The van der Waals surface area contributed by atoms with E-state index in [1.165, 1.54) is 30.1 Å². The molecule has 3 heterocycles. The number of ether oxygens (including phenoxy) is 1. The Kier molecular flexibility index (Phi) is 7.29. The van der Waals surface area contributed by atoms with Crippen LogP contribution in [0.3, 0.4) is 0 Å². The number of halogens is 3. The molecule has 9 nitrogen and oxygen atoms in total. The minimum Gasteiger partial charge on any atom is -0.394 e. The lowest BCUT2D eigenvalue weighted by molar-refractivity contribution is -0.212. The summed E-state index contributed by atoms with van der Waals surface area (Å²) in [7, 11) is 0. The minimum absolute atomic E-state index is 0.0143. The van der Waals surface area contributed by atoms with Crippen LogP contribution in [0.25, 0.3) is 11.3 Å². The number of benzene rings is 1. The molecule has 2 aliphatic heterocycles. The van der Waals surface area contributed by atoms with Crippen molar-refractivity contribution in [3.63, 3.8) is 0 Å². The highest BCUT2D eigenvalue weighted by Crippen LogP contribution is 2.36. The van der Waals surface area contributed by atoms with Gasteiger partial charge in [0.05, 0.1) is 24.6 Å². The van der Waals surface area contributed by atoms with E-state index in [1.807, 2.05) is 0 Å². The second kappa shape index (κ2) is 10.4. The molecule has 6 atom stereocenters. The summed E-state index contributed by atoms with van der Waals surface area (Å²) in [6.07, 6.45) is 3.20. The lowest BCUT2D eigenvalue weighted by Gasteiger charge is -2.42. The van der Waals surface area contributed by atoms with E-state index in [0.29, 0.717) is 12.3 Å². The topological polar surface area (TPSA) is 122 Å². The maximum Gasteiger partial charge on any atom is 0.194 e. The van der Waals surface area contributed by atoms with Gasteiger partial charge in [0, 0.05) is 24.3 Å². The molecule has 2 fully saturated rings. The molecule has 0 bridgehead atoms. The Morgan fingerprint density at radius 2 is 1.69 bits per heavy atom. The molecule has 1 aromatic heterocycles. The summed E-state index contributed by atoms with van der Waals surface area (Å²) < 4.78 is 47.7. The summed E-state index contributed by atoms with van der Waals surface area (Å²) in [6, 6.07) is 0.492. The van der Waals surface area contributed by atoms with Gasteiger partial charge in [-0.25, -0.2) is 17.9 Å². The van der Waals surface area contributed by atoms with Crippen molar-refractivity contribution in [3.8, 4) is 11.3 Å². The van der Waals surface area contributed by atoms with Crippen LogP contribution in [0.4, 0.5) is 13.2 Å². The molecule has 0 spiro atoms. The zero-order chi connectivity index (χ0) is 25.4. The van der Waals surface area contributed by atoms with Gasteiger partial charge >= 0.3 is 0 Å². The normalized spacial score (nSPS) is 31.3. The molecule has 5 rings (SSSR count). The van der Waals surface area contributed by atoms with Crippen LogP contribution in [0, 0.1) is 23.4 Å². The third kappa shape index (κ3) is 4.86. The fourth-order valence-corrected chi connectivity index (χ4v) is 5.46. The average molecular weight is 511 g/mol. The first kappa shape index (κ1) is 25.1. The SMILES string of the molecule is OC[C@H]1O[C@H](C[C@@H]2CC(C3CCCCC3)=NO2)[C@H](O)[C@@H](n2cc(-c3cc(F)c(F)c(F)c3)nn2)[C@H]1O. The lowest BCUT2D eigenvalue weighted by atomic mass is 9.83. The number of rotatable bonds is 6. The number of hydrogen-bond acceptors (Lipinski definition) is 8. The predicted molar refractivity (Wildman–Crippen MR) is 120 cm³/mol. The molecule has 3 aliphatic rings. The summed E-state index contributed by atoms with van der Waals surface area (Å²) in [5, 5.41) is 43.8. The van der Waals surface area contributed by atoms with Gasteiger partial charge in [0.1, 0.15) is 36.2 Å². The molecular weight excluding hydrogens is 481 g/mol. The fraction of sp³-hybridized carbons (Fsp3) is 0.625. The molecular formula is C24H29F3N4O5. The van der Waals surface area contributed by atoms with Crippen LogP contribution < -0.4 is 0 Å². The van der Waals surface area contributed by atoms with E-state index in [9.17, 15) is 28.5 Å². The Labute approximate surface area is 205 Å². The highest BCUT2D eigenvalue weighted by Gasteiger charge is 2.47. The molecule has 1 saturated carbocycles. The summed E-state index contributed by atoms with van der Waals surface area (Å²) in [6.45, 7) is -0.508. The van der Waals surface area contributed by atoms with Crippen molar-refractivity contribution in [2.45, 2.75) is 81.5 Å². The van der Waals surface area contributed by atoms with Crippen LogP contribution in [0.2, 0.25) is 0 Å². The van der Waals surface area contributed by atoms with Crippen molar-refractivity contribution >= 4 is 5.71 Å². The summed E-state index contributed by atoms with van der Waals surface area (Å²) >= 11 is 0. The van der Waals surface area contributed by atoms with Gasteiger partial charge in [-0.15, -0.1) is 5.10 Å². The van der Waals surface area contributed by atoms with Crippen LogP contribution in [0.1, 0.15) is 51.0 Å². The van der Waals surface area contributed by atoms with E-state index < -0.39 is 54.5 Å². The first-order valence-electron chi connectivity index (χ1n) is 12.3. The Balaban J connectivity index is 1.31. The highest BCUT2D eigenvalue weighted by atomic mass is 19.2. The second-order valence-electron chi connectivity index (χ2n) is 9.79. The third-order valence-electron chi connectivity index (χ3n) is 7.41. The summed E-state index contributed by atoms with van der Waals surface area (Å²) in [5.74, 6) is -3.94. The van der Waals surface area contributed by atoms with Gasteiger partial charge in [-0.3, -0.25) is 0 Å². The van der Waals surface area contributed by atoms with E-state index in [0.717, 1.165) is 30.7 Å². The predicted octanol–water partition coefficient (Wildman–Crippen LogP) is 2.50. The number of aliphatic hydroxyl groups excluding tert-OH is 3. The van der Waals surface area contributed by atoms with Gasteiger partial charge in [0.25, 0.3) is 0 Å². The molecule has 0 amide bonds. The van der Waals surface area contributed by atoms with Crippen LogP contribution >= 0.6 is 0 Å². The van der Waals surface area contributed by atoms with Gasteiger partial charge in [0.15, 0.2) is 17.5 Å². The van der Waals surface area contributed by atoms with Crippen LogP contribution in [0.15, 0.2) is 23.5 Å². The van der Waals surface area contributed by atoms with E-state index >= 15 is 0 Å². The number of hydrogen-bond donors (Lipinski definition) is 3. The van der Waals surface area contributed by atoms with Crippen LogP contribution in [-0.4, -0.2) is 73.2 Å². The fourth-order valence-electron chi connectivity index (χ4n) is 5.46. The molecule has 1 aliphatic carbocycles. The molecule has 0 radical (unpaired) electrons. The monoisotopic (exact) mass is 510 g/mol. The average Bonchev–Trinajstić information content (AvgIpc) is 3.55. The van der Waals surface area contributed by atoms with Gasteiger partial charge in [0.2, 0.25) is 0 Å². The first-order chi connectivity index (χ1) is 17.4. The lowest BCUT2D eigenvalue weighted by Crippen LogP contribution is -2.56. The third-order valence-corrected chi connectivity index (χ3v) is 7.41. The maximum absolute atomic E-state index is 13.7. The smallest absolute Gasteiger partial charge is 0.194 e. The van der Waals surface area contributed by atoms with Crippen LogP contribution in [-0.2, 0) is 9.57 Å².